The molecule has 2 aromatic carbocycles. The Morgan fingerprint density at radius 1 is 0.722 bits per heavy atom. The number of aryl methyl sites for hydroxylation is 2. The predicted octanol–water partition coefficient (Wildman–Crippen LogP) is 4.89. The molecule has 2 rings (SSSR count). The van der Waals surface area contributed by atoms with Crippen molar-refractivity contribution in [3.63, 3.8) is 0 Å². The SMILES string of the molecule is CC.CCc1ccccc1.Cc1ccccc1.[B]. The Morgan fingerprint density at radius 3 is 1.33 bits per heavy atom. The van der Waals surface area contributed by atoms with Gasteiger partial charge in [-0.1, -0.05) is 87.0 Å². The highest BCUT2D eigenvalue weighted by atomic mass is 13.9. The van der Waals surface area contributed by atoms with Gasteiger partial charge in [0, 0.05) is 8.41 Å². The first-order valence-electron chi connectivity index (χ1n) is 6.38. The summed E-state index contributed by atoms with van der Waals surface area (Å²) in [5.41, 5.74) is 2.73. The molecule has 0 saturated heterocycles. The Labute approximate surface area is 115 Å². The molecule has 0 aliphatic heterocycles. The molecule has 0 saturated carbocycles. The van der Waals surface area contributed by atoms with E-state index in [9.17, 15) is 0 Å². The van der Waals surface area contributed by atoms with Gasteiger partial charge in [-0.2, -0.15) is 0 Å². The van der Waals surface area contributed by atoms with Gasteiger partial charge in [0.25, 0.3) is 0 Å². The van der Waals surface area contributed by atoms with E-state index < -0.39 is 0 Å². The van der Waals surface area contributed by atoms with Crippen LogP contribution in [0.5, 0.6) is 0 Å². The molecule has 0 amide bonds. The van der Waals surface area contributed by atoms with Crippen molar-refractivity contribution in [2.45, 2.75) is 34.1 Å². The Morgan fingerprint density at radius 2 is 1.11 bits per heavy atom. The smallest absolute Gasteiger partial charge is 0 e. The van der Waals surface area contributed by atoms with Crippen molar-refractivity contribution in [3.8, 4) is 0 Å². The van der Waals surface area contributed by atoms with Crippen molar-refractivity contribution >= 4 is 8.41 Å². The van der Waals surface area contributed by atoms with Gasteiger partial charge in [-0.15, -0.1) is 0 Å². The topological polar surface area (TPSA) is 0 Å². The van der Waals surface area contributed by atoms with Crippen molar-refractivity contribution < 1.29 is 0 Å². The first-order valence-corrected chi connectivity index (χ1v) is 6.38. The van der Waals surface area contributed by atoms with Crippen LogP contribution in [0, 0.1) is 6.92 Å². The monoisotopic (exact) mass is 239 g/mol. The maximum atomic E-state index is 2.16. The van der Waals surface area contributed by atoms with Gasteiger partial charge in [-0.3, -0.25) is 0 Å². The molecule has 95 valence electrons. The summed E-state index contributed by atoms with van der Waals surface area (Å²) in [6, 6.07) is 20.7. The molecule has 3 radical (unpaired) electrons. The molecule has 0 fully saturated rings. The summed E-state index contributed by atoms with van der Waals surface area (Å²) in [7, 11) is 0. The minimum absolute atomic E-state index is 0. The minimum Gasteiger partial charge on any atom is -0.0683 e. The summed E-state index contributed by atoms with van der Waals surface area (Å²) in [5.74, 6) is 0. The van der Waals surface area contributed by atoms with Crippen LogP contribution in [-0.4, -0.2) is 8.41 Å². The van der Waals surface area contributed by atoms with Crippen LogP contribution in [0.1, 0.15) is 31.9 Å². The van der Waals surface area contributed by atoms with E-state index in [4.69, 9.17) is 0 Å². The maximum absolute atomic E-state index is 2.16. The molecule has 0 bridgehead atoms. The van der Waals surface area contributed by atoms with E-state index in [2.05, 4.69) is 50.2 Å². The van der Waals surface area contributed by atoms with Crippen LogP contribution in [0.2, 0.25) is 0 Å². The highest BCUT2D eigenvalue weighted by molar-refractivity contribution is 5.75. The van der Waals surface area contributed by atoms with Crippen molar-refractivity contribution in [2.24, 2.45) is 0 Å². The molecular formula is C17H24B. The van der Waals surface area contributed by atoms with Gasteiger partial charge in [0.1, 0.15) is 0 Å². The number of hydrogen-bond acceptors (Lipinski definition) is 0. The summed E-state index contributed by atoms with van der Waals surface area (Å²) in [5, 5.41) is 0. The van der Waals surface area contributed by atoms with E-state index in [1.165, 1.54) is 11.1 Å². The summed E-state index contributed by atoms with van der Waals surface area (Å²) in [6.07, 6.45) is 1.14. The molecule has 0 heterocycles. The highest BCUT2D eigenvalue weighted by Gasteiger charge is 1.79. The fourth-order valence-corrected chi connectivity index (χ4v) is 1.25. The Kier molecular flexibility index (Phi) is 14.2. The zero-order valence-electron chi connectivity index (χ0n) is 12.1. The fraction of sp³-hybridized carbons (Fsp3) is 0.294. The molecule has 0 unspecified atom stereocenters. The second kappa shape index (κ2) is 13.6. The number of benzene rings is 2. The zero-order valence-corrected chi connectivity index (χ0v) is 12.1. The average molecular weight is 239 g/mol. The van der Waals surface area contributed by atoms with Gasteiger partial charge in [0.05, 0.1) is 0 Å². The fourth-order valence-electron chi connectivity index (χ4n) is 1.25. The van der Waals surface area contributed by atoms with Crippen LogP contribution >= 0.6 is 0 Å². The summed E-state index contributed by atoms with van der Waals surface area (Å²) < 4.78 is 0. The van der Waals surface area contributed by atoms with Gasteiger partial charge >= 0.3 is 0 Å². The molecule has 18 heavy (non-hydrogen) atoms. The van der Waals surface area contributed by atoms with Gasteiger partial charge in [-0.25, -0.2) is 0 Å². The standard InChI is InChI=1S/C8H10.C7H8.C2H6.B/c1-2-8-6-4-3-5-7-8;1-7-5-3-2-4-6-7;1-2;/h3-7H,2H2,1H3;2-6H,1H3;1-2H3;. The highest BCUT2D eigenvalue weighted by Crippen LogP contribution is 1.96. The normalized spacial score (nSPS) is 7.78. The van der Waals surface area contributed by atoms with E-state index in [0.29, 0.717) is 0 Å². The van der Waals surface area contributed by atoms with Crippen LogP contribution in [0.15, 0.2) is 60.7 Å². The van der Waals surface area contributed by atoms with Crippen LogP contribution in [0.4, 0.5) is 0 Å². The minimum atomic E-state index is 0. The molecule has 0 N–H and O–H groups in total. The van der Waals surface area contributed by atoms with Crippen molar-refractivity contribution in [1.29, 1.82) is 0 Å². The largest absolute Gasteiger partial charge is 0.0683 e. The summed E-state index contributed by atoms with van der Waals surface area (Å²) >= 11 is 0. The lowest BCUT2D eigenvalue weighted by molar-refractivity contribution is 1.14. The van der Waals surface area contributed by atoms with Crippen molar-refractivity contribution in [1.82, 2.24) is 0 Å². The molecule has 2 aromatic rings. The summed E-state index contributed by atoms with van der Waals surface area (Å²) in [4.78, 5) is 0. The predicted molar refractivity (Wildman–Crippen MR) is 84.1 cm³/mol. The van der Waals surface area contributed by atoms with Gasteiger partial charge in [0.2, 0.25) is 0 Å². The van der Waals surface area contributed by atoms with E-state index in [1.807, 2.05) is 38.1 Å². The molecule has 0 aliphatic rings. The molecule has 0 aliphatic carbocycles. The van der Waals surface area contributed by atoms with Crippen LogP contribution < -0.4 is 0 Å². The number of rotatable bonds is 1. The van der Waals surface area contributed by atoms with E-state index >= 15 is 0 Å². The molecule has 1 heteroatoms. The van der Waals surface area contributed by atoms with Crippen molar-refractivity contribution in [3.05, 3.63) is 71.8 Å². The van der Waals surface area contributed by atoms with E-state index in [-0.39, 0.29) is 8.41 Å². The van der Waals surface area contributed by atoms with E-state index in [0.717, 1.165) is 6.42 Å². The zero-order chi connectivity index (χ0) is 12.9. The lowest BCUT2D eigenvalue weighted by Crippen LogP contribution is -1.73. The molecule has 0 nitrogen and oxygen atoms in total. The van der Waals surface area contributed by atoms with E-state index in [1.54, 1.807) is 0 Å². The van der Waals surface area contributed by atoms with Crippen LogP contribution in [0.25, 0.3) is 0 Å². The van der Waals surface area contributed by atoms with Crippen LogP contribution in [0.3, 0.4) is 0 Å². The first kappa shape index (κ1) is 18.9. The lowest BCUT2D eigenvalue weighted by Gasteiger charge is -1.89. The Balaban J connectivity index is 0. The third kappa shape index (κ3) is 9.71. The van der Waals surface area contributed by atoms with Gasteiger partial charge < -0.3 is 0 Å². The molecular weight excluding hydrogens is 215 g/mol. The van der Waals surface area contributed by atoms with Crippen LogP contribution in [-0.2, 0) is 6.42 Å². The second-order valence-electron chi connectivity index (χ2n) is 3.49. The molecule has 0 spiro atoms. The average Bonchev–Trinajstić information content (AvgIpc) is 2.43. The molecule has 0 aromatic heterocycles. The number of hydrogen-bond donors (Lipinski definition) is 0. The third-order valence-electron chi connectivity index (χ3n) is 2.19. The second-order valence-corrected chi connectivity index (χ2v) is 3.49. The Bertz CT molecular complexity index is 354. The van der Waals surface area contributed by atoms with Gasteiger partial charge in [-0.05, 0) is 18.9 Å². The third-order valence-corrected chi connectivity index (χ3v) is 2.19. The van der Waals surface area contributed by atoms with Crippen molar-refractivity contribution in [2.75, 3.05) is 0 Å². The van der Waals surface area contributed by atoms with Gasteiger partial charge in [0.15, 0.2) is 0 Å². The Hall–Kier alpha value is -1.50. The maximum Gasteiger partial charge on any atom is 0 e. The summed E-state index contributed by atoms with van der Waals surface area (Å²) in [6.45, 7) is 8.25. The lowest BCUT2D eigenvalue weighted by atomic mass is 10.2. The quantitative estimate of drug-likeness (QED) is 0.621. The first-order chi connectivity index (χ1) is 8.33. The molecule has 0 atom stereocenters.